The molecule has 3 nitrogen and oxygen atoms in total. The van der Waals surface area contributed by atoms with Gasteiger partial charge >= 0.3 is 0 Å². The lowest BCUT2D eigenvalue weighted by molar-refractivity contribution is 0.407. The van der Waals surface area contributed by atoms with Crippen molar-refractivity contribution in [2.45, 2.75) is 32.9 Å². The Kier molecular flexibility index (Phi) is 4.48. The van der Waals surface area contributed by atoms with E-state index in [9.17, 15) is 14.6 Å². The number of aryl methyl sites for hydroxylation is 1. The zero-order chi connectivity index (χ0) is 15.6. The molecule has 112 valence electrons. The number of nitrogens with one attached hydrogen (secondary N) is 1. The van der Waals surface area contributed by atoms with E-state index in [1.165, 1.54) is 18.2 Å². The van der Waals surface area contributed by atoms with E-state index in [-0.39, 0.29) is 29.4 Å². The van der Waals surface area contributed by atoms with Gasteiger partial charge in [0.25, 0.3) is 0 Å². The first-order valence-corrected chi connectivity index (χ1v) is 6.93. The van der Waals surface area contributed by atoms with Crippen LogP contribution in [0.2, 0.25) is 0 Å². The Morgan fingerprint density at radius 2 is 1.62 bits per heavy atom. The first-order valence-electron chi connectivity index (χ1n) is 6.93. The van der Waals surface area contributed by atoms with E-state index < -0.39 is 0 Å². The molecule has 0 aromatic heterocycles. The zero-order valence-electron chi connectivity index (χ0n) is 12.4. The Bertz CT molecular complexity index is 622. The number of halogens is 1. The van der Waals surface area contributed by atoms with E-state index in [1.54, 1.807) is 19.1 Å². The molecular weight excluding hydrogens is 269 g/mol. The first-order chi connectivity index (χ1) is 9.90. The molecule has 2 rings (SSSR count). The van der Waals surface area contributed by atoms with E-state index in [4.69, 9.17) is 0 Å². The highest BCUT2D eigenvalue weighted by molar-refractivity contribution is 5.45. The third kappa shape index (κ3) is 3.34. The number of phenols is 2. The molecule has 0 aliphatic heterocycles. The van der Waals surface area contributed by atoms with Gasteiger partial charge in [0, 0.05) is 12.1 Å². The molecule has 4 heteroatoms. The standard InChI is InChI=1S/C17H20FNO2/c1-10-7-8-13(9-14(10)18)11(2)19-12(3)17-15(20)5-4-6-16(17)21/h4-9,11-12,19-21H,1-3H3. The second kappa shape index (κ2) is 6.14. The van der Waals surface area contributed by atoms with Crippen molar-refractivity contribution in [1.29, 1.82) is 0 Å². The molecule has 0 aliphatic rings. The van der Waals surface area contributed by atoms with Crippen molar-refractivity contribution in [3.63, 3.8) is 0 Å². The summed E-state index contributed by atoms with van der Waals surface area (Å²) in [4.78, 5) is 0. The van der Waals surface area contributed by atoms with Crippen molar-refractivity contribution in [1.82, 2.24) is 5.32 Å². The van der Waals surface area contributed by atoms with Crippen LogP contribution in [-0.2, 0) is 0 Å². The number of hydrogen-bond donors (Lipinski definition) is 3. The molecule has 0 saturated heterocycles. The maximum absolute atomic E-state index is 13.6. The molecule has 2 aromatic carbocycles. The summed E-state index contributed by atoms with van der Waals surface area (Å²) >= 11 is 0. The maximum Gasteiger partial charge on any atom is 0.126 e. The average Bonchev–Trinajstić information content (AvgIpc) is 2.41. The van der Waals surface area contributed by atoms with Crippen molar-refractivity contribution in [2.24, 2.45) is 0 Å². The molecule has 0 heterocycles. The van der Waals surface area contributed by atoms with Gasteiger partial charge in [0.2, 0.25) is 0 Å². The molecule has 0 saturated carbocycles. The highest BCUT2D eigenvalue weighted by Gasteiger charge is 2.18. The zero-order valence-corrected chi connectivity index (χ0v) is 12.4. The third-order valence-corrected chi connectivity index (χ3v) is 3.69. The van der Waals surface area contributed by atoms with Gasteiger partial charge in [-0.2, -0.15) is 0 Å². The van der Waals surface area contributed by atoms with Crippen LogP contribution in [0, 0.1) is 12.7 Å². The van der Waals surface area contributed by atoms with Crippen LogP contribution < -0.4 is 5.32 Å². The molecule has 21 heavy (non-hydrogen) atoms. The number of phenolic OH excluding ortho intramolecular Hbond substituents is 2. The smallest absolute Gasteiger partial charge is 0.126 e. The van der Waals surface area contributed by atoms with Gasteiger partial charge in [-0.3, -0.25) is 0 Å². The van der Waals surface area contributed by atoms with Crippen LogP contribution in [0.25, 0.3) is 0 Å². The van der Waals surface area contributed by atoms with E-state index in [0.29, 0.717) is 11.1 Å². The largest absolute Gasteiger partial charge is 0.507 e. The molecule has 2 unspecified atom stereocenters. The normalized spacial score (nSPS) is 13.9. The summed E-state index contributed by atoms with van der Waals surface area (Å²) in [7, 11) is 0. The number of rotatable bonds is 4. The van der Waals surface area contributed by atoms with Gasteiger partial charge in [-0.15, -0.1) is 0 Å². The fourth-order valence-corrected chi connectivity index (χ4v) is 2.42. The quantitative estimate of drug-likeness (QED) is 0.798. The summed E-state index contributed by atoms with van der Waals surface area (Å²) < 4.78 is 13.6. The lowest BCUT2D eigenvalue weighted by Gasteiger charge is -2.22. The van der Waals surface area contributed by atoms with Gasteiger partial charge in [0.05, 0.1) is 5.56 Å². The third-order valence-electron chi connectivity index (χ3n) is 3.69. The van der Waals surface area contributed by atoms with Gasteiger partial charge in [-0.05, 0) is 50.1 Å². The molecule has 0 aliphatic carbocycles. The minimum Gasteiger partial charge on any atom is -0.507 e. The summed E-state index contributed by atoms with van der Waals surface area (Å²) in [5, 5.41) is 23.0. The monoisotopic (exact) mass is 289 g/mol. The van der Waals surface area contributed by atoms with Crippen molar-refractivity contribution < 1.29 is 14.6 Å². The van der Waals surface area contributed by atoms with Crippen LogP contribution in [0.1, 0.15) is 42.6 Å². The van der Waals surface area contributed by atoms with Crippen LogP contribution in [0.4, 0.5) is 4.39 Å². The second-order valence-electron chi connectivity index (χ2n) is 5.33. The van der Waals surface area contributed by atoms with Crippen LogP contribution >= 0.6 is 0 Å². The van der Waals surface area contributed by atoms with Crippen LogP contribution in [0.3, 0.4) is 0 Å². The molecule has 3 N–H and O–H groups in total. The maximum atomic E-state index is 13.6. The van der Waals surface area contributed by atoms with Crippen LogP contribution in [-0.4, -0.2) is 10.2 Å². The highest BCUT2D eigenvalue weighted by atomic mass is 19.1. The summed E-state index contributed by atoms with van der Waals surface area (Å²) in [6.45, 7) is 5.48. The number of aromatic hydroxyl groups is 2. The summed E-state index contributed by atoms with van der Waals surface area (Å²) in [5.41, 5.74) is 1.87. The fraction of sp³-hybridized carbons (Fsp3) is 0.294. The molecule has 0 bridgehead atoms. The van der Waals surface area contributed by atoms with E-state index >= 15 is 0 Å². The first kappa shape index (κ1) is 15.3. The van der Waals surface area contributed by atoms with Crippen molar-refractivity contribution >= 4 is 0 Å². The lowest BCUT2D eigenvalue weighted by atomic mass is 10.0. The lowest BCUT2D eigenvalue weighted by Crippen LogP contribution is -2.22. The minimum absolute atomic E-state index is 0.0392. The predicted octanol–water partition coefficient (Wildman–Crippen LogP) is 3.96. The van der Waals surface area contributed by atoms with Gasteiger partial charge in [0.1, 0.15) is 17.3 Å². The molecular formula is C17H20FNO2. The van der Waals surface area contributed by atoms with Crippen molar-refractivity contribution in [2.75, 3.05) is 0 Å². The molecule has 0 amide bonds. The highest BCUT2D eigenvalue weighted by Crippen LogP contribution is 2.33. The van der Waals surface area contributed by atoms with Gasteiger partial charge in [-0.25, -0.2) is 4.39 Å². The predicted molar refractivity (Wildman–Crippen MR) is 80.9 cm³/mol. The molecule has 0 radical (unpaired) electrons. The summed E-state index contributed by atoms with van der Waals surface area (Å²) in [6.07, 6.45) is 0. The summed E-state index contributed by atoms with van der Waals surface area (Å²) in [6, 6.07) is 9.37. The van der Waals surface area contributed by atoms with Gasteiger partial charge < -0.3 is 15.5 Å². The van der Waals surface area contributed by atoms with Crippen molar-refractivity contribution in [3.05, 3.63) is 58.9 Å². The topological polar surface area (TPSA) is 52.5 Å². The molecule has 0 fully saturated rings. The Labute approximate surface area is 124 Å². The fourth-order valence-electron chi connectivity index (χ4n) is 2.42. The van der Waals surface area contributed by atoms with Gasteiger partial charge in [0.15, 0.2) is 0 Å². The Morgan fingerprint density at radius 3 is 2.19 bits per heavy atom. The van der Waals surface area contributed by atoms with E-state index in [2.05, 4.69) is 5.32 Å². The van der Waals surface area contributed by atoms with Crippen LogP contribution in [0.15, 0.2) is 36.4 Å². The Balaban J connectivity index is 2.18. The van der Waals surface area contributed by atoms with Crippen molar-refractivity contribution in [3.8, 4) is 11.5 Å². The SMILES string of the molecule is Cc1ccc(C(C)NC(C)c2c(O)cccc2O)cc1F. The van der Waals surface area contributed by atoms with E-state index in [0.717, 1.165) is 5.56 Å². The van der Waals surface area contributed by atoms with Gasteiger partial charge in [-0.1, -0.05) is 18.2 Å². The molecule has 2 aromatic rings. The van der Waals surface area contributed by atoms with E-state index in [1.807, 2.05) is 19.9 Å². The molecule has 2 atom stereocenters. The van der Waals surface area contributed by atoms with Crippen LogP contribution in [0.5, 0.6) is 11.5 Å². The molecule has 0 spiro atoms. The number of hydrogen-bond acceptors (Lipinski definition) is 3. The number of benzene rings is 2. The second-order valence-corrected chi connectivity index (χ2v) is 5.33. The minimum atomic E-state index is -0.273. The summed E-state index contributed by atoms with van der Waals surface area (Å²) in [5.74, 6) is -0.159. The Morgan fingerprint density at radius 1 is 1.00 bits per heavy atom. The Hall–Kier alpha value is -2.07. The average molecular weight is 289 g/mol.